The van der Waals surface area contributed by atoms with Crippen LogP contribution < -0.4 is 4.90 Å². The van der Waals surface area contributed by atoms with E-state index in [-0.39, 0.29) is 0 Å². The van der Waals surface area contributed by atoms with Crippen molar-refractivity contribution in [2.75, 3.05) is 4.90 Å². The minimum absolute atomic E-state index is 1.12. The van der Waals surface area contributed by atoms with Gasteiger partial charge in [0.05, 0.1) is 16.7 Å². The fourth-order valence-corrected chi connectivity index (χ4v) is 6.36. The summed E-state index contributed by atoms with van der Waals surface area (Å²) in [5, 5.41) is 2.46. The number of hydrogen-bond donors (Lipinski definition) is 0. The summed E-state index contributed by atoms with van der Waals surface area (Å²) >= 11 is 0. The zero-order chi connectivity index (χ0) is 29.3. The smallest absolute Gasteiger partial charge is 0.0562 e. The SMILES string of the molecule is c1ccc(-c2ccc(-c3cccc(N(c4ccccc4)c4cccc5c4c4ccccc4n5-c4ccccc4)c3)cc2)cc1. The Bertz CT molecular complexity index is 2200. The van der Waals surface area contributed by atoms with Gasteiger partial charge in [0.15, 0.2) is 0 Å². The van der Waals surface area contributed by atoms with E-state index in [1.807, 2.05) is 0 Å². The molecule has 8 rings (SSSR count). The topological polar surface area (TPSA) is 8.17 Å². The average molecular weight is 563 g/mol. The third-order valence-electron chi connectivity index (χ3n) is 8.38. The lowest BCUT2D eigenvalue weighted by atomic mass is 9.99. The van der Waals surface area contributed by atoms with Gasteiger partial charge in [-0.3, -0.25) is 0 Å². The van der Waals surface area contributed by atoms with Crippen molar-refractivity contribution in [3.05, 3.63) is 182 Å². The normalized spacial score (nSPS) is 11.2. The lowest BCUT2D eigenvalue weighted by Gasteiger charge is -2.27. The van der Waals surface area contributed by atoms with Crippen molar-refractivity contribution in [3.63, 3.8) is 0 Å². The molecule has 208 valence electrons. The maximum atomic E-state index is 2.39. The Kier molecular flexibility index (Phi) is 6.51. The predicted molar refractivity (Wildman–Crippen MR) is 186 cm³/mol. The molecule has 0 spiro atoms. The first-order chi connectivity index (χ1) is 21.8. The van der Waals surface area contributed by atoms with Gasteiger partial charge < -0.3 is 9.47 Å². The fourth-order valence-electron chi connectivity index (χ4n) is 6.36. The highest BCUT2D eigenvalue weighted by Crippen LogP contribution is 2.44. The van der Waals surface area contributed by atoms with E-state index < -0.39 is 0 Å². The highest BCUT2D eigenvalue weighted by molar-refractivity contribution is 6.16. The predicted octanol–water partition coefficient (Wildman–Crippen LogP) is 11.6. The van der Waals surface area contributed by atoms with E-state index in [9.17, 15) is 0 Å². The summed E-state index contributed by atoms with van der Waals surface area (Å²) in [6.07, 6.45) is 0. The second kappa shape index (κ2) is 11.1. The van der Waals surface area contributed by atoms with Crippen molar-refractivity contribution in [1.29, 1.82) is 0 Å². The summed E-state index contributed by atoms with van der Waals surface area (Å²) in [5.41, 5.74) is 11.7. The maximum Gasteiger partial charge on any atom is 0.0562 e. The Morgan fingerprint density at radius 1 is 0.364 bits per heavy atom. The largest absolute Gasteiger partial charge is 0.310 e. The zero-order valence-electron chi connectivity index (χ0n) is 24.2. The van der Waals surface area contributed by atoms with Crippen LogP contribution in [0.2, 0.25) is 0 Å². The van der Waals surface area contributed by atoms with E-state index in [0.717, 1.165) is 22.7 Å². The molecule has 0 N–H and O–H groups in total. The number of anilines is 3. The van der Waals surface area contributed by atoms with Crippen LogP contribution >= 0.6 is 0 Å². The molecule has 1 aromatic heterocycles. The van der Waals surface area contributed by atoms with Crippen LogP contribution in [0.1, 0.15) is 0 Å². The summed E-state index contributed by atoms with van der Waals surface area (Å²) in [4.78, 5) is 2.39. The van der Waals surface area contributed by atoms with Gasteiger partial charge in [-0.2, -0.15) is 0 Å². The standard InChI is InChI=1S/C42H30N2/c1-4-14-31(15-5-1)32-26-28-33(29-27-32)34-16-12-21-37(30-34)43(35-17-6-2-7-18-35)40-24-13-25-41-42(40)38-22-10-11-23-39(38)44(41)36-19-8-3-9-20-36/h1-30H. The van der Waals surface area contributed by atoms with Crippen LogP contribution in [0.4, 0.5) is 17.1 Å². The fraction of sp³-hybridized carbons (Fsp3) is 0. The lowest BCUT2D eigenvalue weighted by molar-refractivity contribution is 1.18. The van der Waals surface area contributed by atoms with Crippen molar-refractivity contribution < 1.29 is 0 Å². The quantitative estimate of drug-likeness (QED) is 0.196. The molecule has 0 aliphatic heterocycles. The number of nitrogens with zero attached hydrogens (tertiary/aromatic N) is 2. The Morgan fingerprint density at radius 3 is 1.64 bits per heavy atom. The molecule has 2 heteroatoms. The Morgan fingerprint density at radius 2 is 0.886 bits per heavy atom. The first-order valence-corrected chi connectivity index (χ1v) is 15.0. The molecule has 0 aliphatic rings. The van der Waals surface area contributed by atoms with Gasteiger partial charge in [0.1, 0.15) is 0 Å². The highest BCUT2D eigenvalue weighted by Gasteiger charge is 2.21. The minimum atomic E-state index is 1.12. The second-order valence-corrected chi connectivity index (χ2v) is 11.0. The molecular weight excluding hydrogens is 532 g/mol. The minimum Gasteiger partial charge on any atom is -0.310 e. The van der Waals surface area contributed by atoms with Gasteiger partial charge in [-0.1, -0.05) is 127 Å². The molecule has 7 aromatic carbocycles. The third kappa shape index (κ3) is 4.54. The number of benzene rings is 7. The molecule has 0 radical (unpaired) electrons. The number of hydrogen-bond acceptors (Lipinski definition) is 1. The van der Waals surface area contributed by atoms with Gasteiger partial charge in [-0.25, -0.2) is 0 Å². The first kappa shape index (κ1) is 25.8. The second-order valence-electron chi connectivity index (χ2n) is 11.0. The Hall–Kier alpha value is -5.86. The van der Waals surface area contributed by atoms with Crippen LogP contribution in [0.3, 0.4) is 0 Å². The van der Waals surface area contributed by atoms with E-state index in [0.29, 0.717) is 0 Å². The molecule has 8 aromatic rings. The van der Waals surface area contributed by atoms with E-state index in [4.69, 9.17) is 0 Å². The van der Waals surface area contributed by atoms with Gasteiger partial charge in [-0.05, 0) is 76.9 Å². The number of rotatable bonds is 6. The van der Waals surface area contributed by atoms with Crippen LogP contribution in [-0.4, -0.2) is 4.57 Å². The summed E-state index contributed by atoms with van der Waals surface area (Å²) in [7, 11) is 0. The highest BCUT2D eigenvalue weighted by atomic mass is 15.1. The molecule has 0 fully saturated rings. The molecule has 0 atom stereocenters. The Balaban J connectivity index is 1.31. The van der Waals surface area contributed by atoms with Crippen molar-refractivity contribution in [2.24, 2.45) is 0 Å². The molecule has 2 nitrogen and oxygen atoms in total. The average Bonchev–Trinajstić information content (AvgIpc) is 3.45. The van der Waals surface area contributed by atoms with Crippen molar-refractivity contribution in [2.45, 2.75) is 0 Å². The van der Waals surface area contributed by atoms with Gasteiger partial charge in [-0.15, -0.1) is 0 Å². The molecule has 0 saturated carbocycles. The molecule has 0 unspecified atom stereocenters. The number of para-hydroxylation sites is 3. The van der Waals surface area contributed by atoms with Crippen molar-refractivity contribution >= 4 is 38.9 Å². The van der Waals surface area contributed by atoms with Crippen molar-refractivity contribution in [3.8, 4) is 27.9 Å². The maximum absolute atomic E-state index is 2.39. The van der Waals surface area contributed by atoms with Crippen LogP contribution in [0.5, 0.6) is 0 Å². The van der Waals surface area contributed by atoms with Crippen LogP contribution in [0.15, 0.2) is 182 Å². The molecule has 0 bridgehead atoms. The summed E-state index contributed by atoms with van der Waals surface area (Å²) in [5.74, 6) is 0. The first-order valence-electron chi connectivity index (χ1n) is 15.0. The van der Waals surface area contributed by atoms with Crippen LogP contribution in [0, 0.1) is 0 Å². The molecule has 1 heterocycles. The van der Waals surface area contributed by atoms with Crippen LogP contribution in [0.25, 0.3) is 49.7 Å². The number of fused-ring (bicyclic) bond motifs is 3. The number of aromatic nitrogens is 1. The lowest BCUT2D eigenvalue weighted by Crippen LogP contribution is -2.10. The van der Waals surface area contributed by atoms with Gasteiger partial charge in [0.25, 0.3) is 0 Å². The van der Waals surface area contributed by atoms with Crippen LogP contribution in [-0.2, 0) is 0 Å². The molecular formula is C42H30N2. The van der Waals surface area contributed by atoms with E-state index in [1.54, 1.807) is 0 Å². The van der Waals surface area contributed by atoms with Gasteiger partial charge >= 0.3 is 0 Å². The summed E-state index contributed by atoms with van der Waals surface area (Å²) in [6.45, 7) is 0. The summed E-state index contributed by atoms with van der Waals surface area (Å²) < 4.78 is 2.38. The molecule has 0 saturated heterocycles. The summed E-state index contributed by atoms with van der Waals surface area (Å²) in [6, 6.07) is 65.0. The van der Waals surface area contributed by atoms with Gasteiger partial charge in [0, 0.05) is 27.8 Å². The Labute approximate surface area is 257 Å². The van der Waals surface area contributed by atoms with Crippen molar-refractivity contribution in [1.82, 2.24) is 4.57 Å². The van der Waals surface area contributed by atoms with E-state index in [2.05, 4.69) is 191 Å². The van der Waals surface area contributed by atoms with E-state index >= 15 is 0 Å². The molecule has 0 amide bonds. The molecule has 44 heavy (non-hydrogen) atoms. The van der Waals surface area contributed by atoms with E-state index in [1.165, 1.54) is 44.1 Å². The molecule has 0 aliphatic carbocycles. The zero-order valence-corrected chi connectivity index (χ0v) is 24.2. The third-order valence-corrected chi connectivity index (χ3v) is 8.38. The monoisotopic (exact) mass is 562 g/mol. The van der Waals surface area contributed by atoms with Gasteiger partial charge in [0.2, 0.25) is 0 Å².